The summed E-state index contributed by atoms with van der Waals surface area (Å²) >= 11 is 0. The minimum atomic E-state index is -2.75. The Morgan fingerprint density at radius 1 is 1.11 bits per heavy atom. The number of phenols is 1. The summed E-state index contributed by atoms with van der Waals surface area (Å²) in [6, 6.07) is 1.71. The number of primary amides is 1. The summed E-state index contributed by atoms with van der Waals surface area (Å²) in [5.41, 5.74) is 9.50. The number of guanidine groups is 1. The molecule has 6 atom stereocenters. The number of carbonyl (C=O) groups excluding carboxylic acids is 5. The second-order valence-corrected chi connectivity index (χ2v) is 10.9. The number of fused-ring (bicyclic) bond motifs is 3. The minimum absolute atomic E-state index is 0.0235. The molecule has 3 fully saturated rings. The van der Waals surface area contributed by atoms with Gasteiger partial charge < -0.3 is 26.6 Å². The van der Waals surface area contributed by atoms with Gasteiger partial charge in [0, 0.05) is 19.0 Å². The lowest BCUT2D eigenvalue weighted by molar-refractivity contribution is -0.181. The van der Waals surface area contributed by atoms with Crippen molar-refractivity contribution in [3.63, 3.8) is 0 Å². The van der Waals surface area contributed by atoms with Crippen LogP contribution in [-0.4, -0.2) is 93.8 Å². The summed E-state index contributed by atoms with van der Waals surface area (Å²) in [5, 5.41) is 22.2. The smallest absolute Gasteiger partial charge is 0.235 e. The minimum Gasteiger partial charge on any atom is -0.507 e. The van der Waals surface area contributed by atoms with E-state index in [2.05, 4.69) is 4.99 Å². The van der Waals surface area contributed by atoms with Gasteiger partial charge in [-0.3, -0.25) is 28.9 Å². The lowest BCUT2D eigenvalue weighted by Gasteiger charge is -2.52. The van der Waals surface area contributed by atoms with E-state index in [1.165, 1.54) is 11.0 Å². The zero-order valence-corrected chi connectivity index (χ0v) is 21.2. The van der Waals surface area contributed by atoms with Gasteiger partial charge in [-0.2, -0.15) is 0 Å². The van der Waals surface area contributed by atoms with Crippen molar-refractivity contribution in [3.05, 3.63) is 23.3 Å². The maximum atomic E-state index is 13.8. The zero-order valence-electron chi connectivity index (χ0n) is 21.2. The number of likely N-dealkylation sites (tertiary alicyclic amines) is 1. The summed E-state index contributed by atoms with van der Waals surface area (Å²) in [6.45, 7) is 1.52. The number of phenolic OH excluding ortho intramolecular Hbond substituents is 1. The van der Waals surface area contributed by atoms with E-state index in [-0.39, 0.29) is 30.1 Å². The molecule has 0 spiro atoms. The number of amides is 1. The first-order valence-corrected chi connectivity index (χ1v) is 12.7. The monoisotopic (exact) mass is 525 g/mol. The van der Waals surface area contributed by atoms with Crippen molar-refractivity contribution in [3.8, 4) is 5.75 Å². The van der Waals surface area contributed by atoms with Crippen LogP contribution in [0.3, 0.4) is 0 Å². The molecule has 1 amide bonds. The number of nitrogens with zero attached hydrogens (tertiary/aromatic N) is 3. The molecule has 0 aromatic heterocycles. The largest absolute Gasteiger partial charge is 0.507 e. The normalized spacial score (nSPS) is 33.3. The molecule has 202 valence electrons. The van der Waals surface area contributed by atoms with Crippen LogP contribution in [0.15, 0.2) is 17.1 Å². The number of benzene rings is 1. The predicted molar refractivity (Wildman–Crippen MR) is 133 cm³/mol. The molecule has 6 N–H and O–H groups in total. The molecule has 1 heterocycles. The Hall–Kier alpha value is -3.64. The van der Waals surface area contributed by atoms with E-state index in [4.69, 9.17) is 11.5 Å². The summed E-state index contributed by atoms with van der Waals surface area (Å²) in [5.74, 6) is -10.5. The second-order valence-electron chi connectivity index (χ2n) is 10.9. The molecule has 12 nitrogen and oxygen atoms in total. The molecule has 5 rings (SSSR count). The van der Waals surface area contributed by atoms with E-state index >= 15 is 0 Å². The SMILES string of the molecule is CN(C)[C@H]1C(=O)C(C(N)=O)C(=O)[C@]2(O)C(=O)C3C(=O)c4c(O)ccc(N=C(N)N5CCCC5)c4C[C@@H]3C[C@H]12. The van der Waals surface area contributed by atoms with Gasteiger partial charge in [-0.15, -0.1) is 0 Å². The Morgan fingerprint density at radius 2 is 1.76 bits per heavy atom. The molecule has 0 bridgehead atoms. The molecule has 1 aliphatic heterocycles. The number of aromatic hydroxyl groups is 1. The highest BCUT2D eigenvalue weighted by atomic mass is 16.3. The molecule has 4 aliphatic rings. The number of Topliss-reactive ketones (excluding diaryl/α,β-unsaturated/α-hetero) is 4. The van der Waals surface area contributed by atoms with Crippen LogP contribution in [0.4, 0.5) is 5.69 Å². The van der Waals surface area contributed by atoms with Gasteiger partial charge in [0.2, 0.25) is 5.91 Å². The molecule has 1 aromatic rings. The highest BCUT2D eigenvalue weighted by Crippen LogP contribution is 2.51. The van der Waals surface area contributed by atoms with Crippen molar-refractivity contribution >= 4 is 40.7 Å². The molecular weight excluding hydrogens is 494 g/mol. The maximum absolute atomic E-state index is 13.8. The van der Waals surface area contributed by atoms with Crippen LogP contribution in [0.2, 0.25) is 0 Å². The maximum Gasteiger partial charge on any atom is 0.235 e. The van der Waals surface area contributed by atoms with Gasteiger partial charge in [-0.1, -0.05) is 0 Å². The number of hydrogen-bond donors (Lipinski definition) is 4. The average molecular weight is 526 g/mol. The number of aliphatic hydroxyl groups is 1. The number of ketones is 4. The highest BCUT2D eigenvalue weighted by molar-refractivity contribution is 6.32. The van der Waals surface area contributed by atoms with Crippen LogP contribution in [-0.2, 0) is 25.6 Å². The summed E-state index contributed by atoms with van der Waals surface area (Å²) in [6.07, 6.45) is 2.08. The third-order valence-electron chi connectivity index (χ3n) is 8.59. The second kappa shape index (κ2) is 8.98. The average Bonchev–Trinajstić information content (AvgIpc) is 3.38. The van der Waals surface area contributed by atoms with E-state index in [0.29, 0.717) is 11.3 Å². The van der Waals surface area contributed by atoms with Crippen LogP contribution in [0.5, 0.6) is 5.75 Å². The Kier molecular flexibility index (Phi) is 6.14. The van der Waals surface area contributed by atoms with Gasteiger partial charge in [0.05, 0.1) is 23.2 Å². The lowest BCUT2D eigenvalue weighted by atomic mass is 9.52. The van der Waals surface area contributed by atoms with Crippen LogP contribution >= 0.6 is 0 Å². The van der Waals surface area contributed by atoms with Gasteiger partial charge in [0.1, 0.15) is 5.75 Å². The summed E-state index contributed by atoms with van der Waals surface area (Å²) < 4.78 is 0. The standard InChI is InChI=1S/C26H31N5O7/c1-30(2)19-13-10-11-9-12-14(29-25(28)31-7-3-4-8-31)5-6-15(32)17(12)20(33)16(11)22(35)26(13,38)23(36)18(21(19)34)24(27)37/h5-6,11,13,16,18-19,32,38H,3-4,7-10H2,1-2H3,(H2,27,37)(H2,28,29)/t11-,13-,16?,18?,19-,26-/m1/s1. The van der Waals surface area contributed by atoms with E-state index in [0.717, 1.165) is 25.9 Å². The first-order valence-electron chi connectivity index (χ1n) is 12.7. The lowest BCUT2D eigenvalue weighted by Crippen LogP contribution is -2.74. The fraction of sp³-hybridized carbons (Fsp3) is 0.538. The fourth-order valence-electron chi connectivity index (χ4n) is 6.83. The first kappa shape index (κ1) is 26.0. The topological polar surface area (TPSA) is 197 Å². The highest BCUT2D eigenvalue weighted by Gasteiger charge is 2.69. The number of hydrogen-bond acceptors (Lipinski definition) is 9. The molecular formula is C26H31N5O7. The first-order chi connectivity index (χ1) is 17.9. The number of aliphatic imine (C=N–C) groups is 1. The van der Waals surface area contributed by atoms with E-state index in [9.17, 15) is 34.2 Å². The number of carbonyl (C=O) groups is 5. The Balaban J connectivity index is 1.60. The van der Waals surface area contributed by atoms with Gasteiger partial charge in [0.25, 0.3) is 0 Å². The van der Waals surface area contributed by atoms with Crippen LogP contribution in [0.25, 0.3) is 0 Å². The Bertz CT molecular complexity index is 1300. The zero-order chi connectivity index (χ0) is 27.7. The Morgan fingerprint density at radius 3 is 2.37 bits per heavy atom. The van der Waals surface area contributed by atoms with Gasteiger partial charge in [-0.05, 0) is 63.4 Å². The van der Waals surface area contributed by atoms with E-state index in [1.54, 1.807) is 20.2 Å². The van der Waals surface area contributed by atoms with Crippen molar-refractivity contribution in [1.82, 2.24) is 9.80 Å². The van der Waals surface area contributed by atoms with Crippen molar-refractivity contribution in [2.24, 2.45) is 40.1 Å². The van der Waals surface area contributed by atoms with Crippen LogP contribution in [0, 0.1) is 23.7 Å². The molecule has 12 heteroatoms. The van der Waals surface area contributed by atoms with Gasteiger partial charge in [-0.25, -0.2) is 4.99 Å². The molecule has 1 saturated heterocycles. The van der Waals surface area contributed by atoms with E-state index in [1.807, 2.05) is 4.90 Å². The molecule has 1 aromatic carbocycles. The number of likely N-dealkylation sites (N-methyl/N-ethyl adjacent to an activating group) is 1. The van der Waals surface area contributed by atoms with Crippen molar-refractivity contribution in [2.75, 3.05) is 27.2 Å². The van der Waals surface area contributed by atoms with Crippen molar-refractivity contribution in [2.45, 2.75) is 37.3 Å². The van der Waals surface area contributed by atoms with Crippen molar-refractivity contribution in [1.29, 1.82) is 0 Å². The molecule has 38 heavy (non-hydrogen) atoms. The molecule has 3 aliphatic carbocycles. The van der Waals surface area contributed by atoms with Crippen LogP contribution < -0.4 is 11.5 Å². The summed E-state index contributed by atoms with van der Waals surface area (Å²) in [7, 11) is 3.08. The third-order valence-corrected chi connectivity index (χ3v) is 8.59. The van der Waals surface area contributed by atoms with Gasteiger partial charge in [0.15, 0.2) is 40.6 Å². The molecule has 0 radical (unpaired) electrons. The van der Waals surface area contributed by atoms with E-state index < -0.39 is 64.4 Å². The number of nitrogens with two attached hydrogens (primary N) is 2. The quantitative estimate of drug-likeness (QED) is 0.214. The summed E-state index contributed by atoms with van der Waals surface area (Å²) in [4.78, 5) is 74.0. The van der Waals surface area contributed by atoms with Crippen molar-refractivity contribution < 1.29 is 34.2 Å². The molecule has 2 saturated carbocycles. The predicted octanol–water partition coefficient (Wildman–Crippen LogP) is -1.09. The fourth-order valence-corrected chi connectivity index (χ4v) is 6.83. The third kappa shape index (κ3) is 3.57. The van der Waals surface area contributed by atoms with Crippen LogP contribution in [0.1, 0.15) is 35.2 Å². The Labute approximate surface area is 218 Å². The number of rotatable bonds is 3. The van der Waals surface area contributed by atoms with Gasteiger partial charge >= 0.3 is 0 Å². The molecule has 2 unspecified atom stereocenters.